The third kappa shape index (κ3) is 2.46. The normalized spacial score (nSPS) is 17.9. The molecule has 20 heavy (non-hydrogen) atoms. The molecule has 1 aromatic heterocycles. The molecule has 2 heterocycles. The number of carbonyl (C=O) groups is 1. The maximum atomic E-state index is 12.2. The van der Waals surface area contributed by atoms with E-state index in [1.807, 2.05) is 12.1 Å². The fourth-order valence-electron chi connectivity index (χ4n) is 2.69. The molecule has 0 saturated heterocycles. The van der Waals surface area contributed by atoms with Crippen LogP contribution >= 0.6 is 11.6 Å². The molecule has 1 atom stereocenters. The van der Waals surface area contributed by atoms with E-state index in [4.69, 9.17) is 16.0 Å². The molecule has 0 fully saturated rings. The van der Waals surface area contributed by atoms with Crippen LogP contribution in [-0.2, 0) is 0 Å². The Bertz CT molecular complexity index is 621. The van der Waals surface area contributed by atoms with Crippen molar-refractivity contribution in [2.45, 2.75) is 19.3 Å². The predicted molar refractivity (Wildman–Crippen MR) is 79.7 cm³/mol. The van der Waals surface area contributed by atoms with E-state index in [2.05, 4.69) is 17.9 Å². The molecule has 0 amide bonds. The topological polar surface area (TPSA) is 33.5 Å². The van der Waals surface area contributed by atoms with Gasteiger partial charge in [0.1, 0.15) is 0 Å². The summed E-state index contributed by atoms with van der Waals surface area (Å²) in [7, 11) is 0. The van der Waals surface area contributed by atoms with Crippen LogP contribution in [0.25, 0.3) is 0 Å². The number of ketones is 1. The van der Waals surface area contributed by atoms with Crippen molar-refractivity contribution in [3.05, 3.63) is 52.9 Å². The lowest BCUT2D eigenvalue weighted by Crippen LogP contribution is -2.35. The van der Waals surface area contributed by atoms with Crippen molar-refractivity contribution in [1.82, 2.24) is 0 Å². The standard InChI is InChI=1S/C16H16ClNO2/c1-11-6-7-18(10-15(19)16-3-2-8-20-16)14-9-12(17)4-5-13(11)14/h2-5,8-9,11H,6-7,10H2,1H3. The van der Waals surface area contributed by atoms with Crippen molar-refractivity contribution >= 4 is 23.1 Å². The van der Waals surface area contributed by atoms with Crippen LogP contribution in [0.15, 0.2) is 41.0 Å². The summed E-state index contributed by atoms with van der Waals surface area (Å²) in [5, 5.41) is 0.702. The van der Waals surface area contributed by atoms with Gasteiger partial charge in [-0.25, -0.2) is 0 Å². The van der Waals surface area contributed by atoms with E-state index in [0.717, 1.165) is 18.7 Å². The zero-order valence-corrected chi connectivity index (χ0v) is 12.1. The number of benzene rings is 1. The highest BCUT2D eigenvalue weighted by molar-refractivity contribution is 6.30. The second-order valence-electron chi connectivity index (χ2n) is 5.21. The monoisotopic (exact) mass is 289 g/mol. The van der Waals surface area contributed by atoms with Crippen molar-refractivity contribution < 1.29 is 9.21 Å². The Hall–Kier alpha value is -1.74. The van der Waals surface area contributed by atoms with Crippen LogP contribution < -0.4 is 4.90 Å². The average Bonchev–Trinajstić information content (AvgIpc) is 2.96. The molecular formula is C16H16ClNO2. The summed E-state index contributed by atoms with van der Waals surface area (Å²) >= 11 is 6.10. The van der Waals surface area contributed by atoms with E-state index in [-0.39, 0.29) is 5.78 Å². The van der Waals surface area contributed by atoms with Crippen LogP contribution in [0.2, 0.25) is 5.02 Å². The van der Waals surface area contributed by atoms with Crippen molar-refractivity contribution in [3.8, 4) is 0 Å². The van der Waals surface area contributed by atoms with Gasteiger partial charge in [0.05, 0.1) is 12.8 Å². The molecule has 0 aliphatic carbocycles. The molecule has 3 rings (SSSR count). The van der Waals surface area contributed by atoms with Gasteiger partial charge in [0, 0.05) is 17.3 Å². The molecule has 0 radical (unpaired) electrons. The summed E-state index contributed by atoms with van der Waals surface area (Å²) in [6, 6.07) is 9.35. The van der Waals surface area contributed by atoms with Crippen molar-refractivity contribution in [2.75, 3.05) is 18.0 Å². The molecule has 0 saturated carbocycles. The largest absolute Gasteiger partial charge is 0.461 e. The molecular weight excluding hydrogens is 274 g/mol. The number of hydrogen-bond donors (Lipinski definition) is 0. The Labute approximate surface area is 123 Å². The maximum absolute atomic E-state index is 12.2. The SMILES string of the molecule is CC1CCN(CC(=O)c2ccco2)c2cc(Cl)ccc21. The Balaban J connectivity index is 1.87. The minimum Gasteiger partial charge on any atom is -0.461 e. The van der Waals surface area contributed by atoms with Crippen molar-refractivity contribution in [3.63, 3.8) is 0 Å². The van der Waals surface area contributed by atoms with Gasteiger partial charge in [0.15, 0.2) is 5.76 Å². The van der Waals surface area contributed by atoms with Crippen molar-refractivity contribution in [1.29, 1.82) is 0 Å². The fourth-order valence-corrected chi connectivity index (χ4v) is 2.85. The highest BCUT2D eigenvalue weighted by Crippen LogP contribution is 2.36. The molecule has 1 aliphatic rings. The van der Waals surface area contributed by atoms with Gasteiger partial charge in [-0.05, 0) is 42.2 Å². The van der Waals surface area contributed by atoms with E-state index >= 15 is 0 Å². The van der Waals surface area contributed by atoms with Crippen LogP contribution in [0.1, 0.15) is 35.4 Å². The zero-order valence-electron chi connectivity index (χ0n) is 11.3. The van der Waals surface area contributed by atoms with Gasteiger partial charge >= 0.3 is 0 Å². The van der Waals surface area contributed by atoms with E-state index in [1.54, 1.807) is 12.1 Å². The minimum absolute atomic E-state index is 0.00419. The van der Waals surface area contributed by atoms with Gasteiger partial charge in [-0.3, -0.25) is 4.79 Å². The second-order valence-corrected chi connectivity index (χ2v) is 5.65. The Morgan fingerprint density at radius 2 is 2.30 bits per heavy atom. The molecule has 0 N–H and O–H groups in total. The van der Waals surface area contributed by atoms with Crippen LogP contribution in [-0.4, -0.2) is 18.9 Å². The number of carbonyl (C=O) groups excluding carboxylic acids is 1. The lowest BCUT2D eigenvalue weighted by molar-refractivity contribution is 0.0972. The first-order chi connectivity index (χ1) is 9.65. The quantitative estimate of drug-likeness (QED) is 0.797. The van der Waals surface area contributed by atoms with Crippen LogP contribution in [0.5, 0.6) is 0 Å². The van der Waals surface area contributed by atoms with E-state index < -0.39 is 0 Å². The highest BCUT2D eigenvalue weighted by atomic mass is 35.5. The number of furan rings is 1. The Morgan fingerprint density at radius 3 is 3.05 bits per heavy atom. The Kier molecular flexibility index (Phi) is 3.53. The zero-order chi connectivity index (χ0) is 14.1. The predicted octanol–water partition coefficient (Wildman–Crippen LogP) is 4.13. The molecule has 4 heteroatoms. The van der Waals surface area contributed by atoms with E-state index in [1.165, 1.54) is 11.8 Å². The fraction of sp³-hybridized carbons (Fsp3) is 0.312. The molecule has 1 unspecified atom stereocenters. The number of nitrogens with zero attached hydrogens (tertiary/aromatic N) is 1. The number of rotatable bonds is 3. The summed E-state index contributed by atoms with van der Waals surface area (Å²) in [5.74, 6) is 0.903. The first-order valence-electron chi connectivity index (χ1n) is 6.76. The molecule has 1 aliphatic heterocycles. The average molecular weight is 290 g/mol. The minimum atomic E-state index is -0.00419. The molecule has 1 aromatic carbocycles. The van der Waals surface area contributed by atoms with E-state index in [0.29, 0.717) is 23.2 Å². The number of anilines is 1. The maximum Gasteiger partial charge on any atom is 0.217 e. The first kappa shape index (κ1) is 13.3. The van der Waals surface area contributed by atoms with Gasteiger partial charge in [-0.2, -0.15) is 0 Å². The molecule has 2 aromatic rings. The third-order valence-corrected chi connectivity index (χ3v) is 4.06. The van der Waals surface area contributed by atoms with Gasteiger partial charge < -0.3 is 9.32 Å². The molecule has 0 spiro atoms. The smallest absolute Gasteiger partial charge is 0.217 e. The van der Waals surface area contributed by atoms with Crippen molar-refractivity contribution in [2.24, 2.45) is 0 Å². The lowest BCUT2D eigenvalue weighted by Gasteiger charge is -2.34. The van der Waals surface area contributed by atoms with Crippen LogP contribution in [0, 0.1) is 0 Å². The summed E-state index contributed by atoms with van der Waals surface area (Å²) in [6.07, 6.45) is 2.57. The highest BCUT2D eigenvalue weighted by Gasteiger charge is 2.24. The number of Topliss-reactive ketones (excluding diaryl/α,β-unsaturated/α-hetero) is 1. The van der Waals surface area contributed by atoms with Crippen LogP contribution in [0.3, 0.4) is 0 Å². The summed E-state index contributed by atoms with van der Waals surface area (Å²) in [4.78, 5) is 14.3. The van der Waals surface area contributed by atoms with Gasteiger partial charge in [0.25, 0.3) is 0 Å². The summed E-state index contributed by atoms with van der Waals surface area (Å²) in [6.45, 7) is 3.40. The number of halogens is 1. The summed E-state index contributed by atoms with van der Waals surface area (Å²) < 4.78 is 5.17. The number of hydrogen-bond acceptors (Lipinski definition) is 3. The third-order valence-electron chi connectivity index (χ3n) is 3.83. The summed E-state index contributed by atoms with van der Waals surface area (Å²) in [5.41, 5.74) is 2.32. The Morgan fingerprint density at radius 1 is 1.45 bits per heavy atom. The lowest BCUT2D eigenvalue weighted by atomic mass is 9.91. The number of fused-ring (bicyclic) bond motifs is 1. The molecule has 3 nitrogen and oxygen atoms in total. The van der Waals surface area contributed by atoms with E-state index in [9.17, 15) is 4.79 Å². The second kappa shape index (κ2) is 5.33. The first-order valence-corrected chi connectivity index (χ1v) is 7.14. The van der Waals surface area contributed by atoms with Gasteiger partial charge in [-0.15, -0.1) is 0 Å². The van der Waals surface area contributed by atoms with Gasteiger partial charge in [0.2, 0.25) is 5.78 Å². The van der Waals surface area contributed by atoms with Crippen LogP contribution in [0.4, 0.5) is 5.69 Å². The van der Waals surface area contributed by atoms with Gasteiger partial charge in [-0.1, -0.05) is 24.6 Å². The molecule has 104 valence electrons. The molecule has 0 bridgehead atoms.